The maximum atomic E-state index is 9.87. The van der Waals surface area contributed by atoms with E-state index in [0.717, 1.165) is 18.4 Å². The third-order valence-electron chi connectivity index (χ3n) is 2.63. The van der Waals surface area contributed by atoms with Gasteiger partial charge in [0.25, 0.3) is 0 Å². The molecule has 16 heavy (non-hydrogen) atoms. The summed E-state index contributed by atoms with van der Waals surface area (Å²) in [5.74, 6) is 0. The van der Waals surface area contributed by atoms with Gasteiger partial charge in [0, 0.05) is 5.33 Å². The summed E-state index contributed by atoms with van der Waals surface area (Å²) >= 11 is 3.25. The van der Waals surface area contributed by atoms with E-state index in [-0.39, 0.29) is 0 Å². The van der Waals surface area contributed by atoms with Gasteiger partial charge in [0.2, 0.25) is 0 Å². The van der Waals surface area contributed by atoms with E-state index >= 15 is 0 Å². The van der Waals surface area contributed by atoms with Crippen LogP contribution in [-0.4, -0.2) is 21.6 Å². The third-order valence-corrected chi connectivity index (χ3v) is 3.09. The Balaban J connectivity index is 2.65. The summed E-state index contributed by atoms with van der Waals surface area (Å²) in [5, 5.41) is 20.2. The van der Waals surface area contributed by atoms with Gasteiger partial charge in [-0.15, -0.1) is 0 Å². The highest BCUT2D eigenvalue weighted by molar-refractivity contribution is 9.09. The molecule has 0 bridgehead atoms. The SMILES string of the molecule is CCCc1ccc(C(O)C(O)CCBr)cc1. The number of hydrogen-bond acceptors (Lipinski definition) is 2. The van der Waals surface area contributed by atoms with Crippen LogP contribution < -0.4 is 0 Å². The summed E-state index contributed by atoms with van der Waals surface area (Å²) < 4.78 is 0. The number of halogens is 1. The molecule has 1 rings (SSSR count). The molecule has 0 aliphatic carbocycles. The fourth-order valence-electron chi connectivity index (χ4n) is 1.66. The minimum absolute atomic E-state index is 0.553. The van der Waals surface area contributed by atoms with Crippen LogP contribution in [0, 0.1) is 0 Å². The highest BCUT2D eigenvalue weighted by Gasteiger charge is 2.17. The number of aryl methyl sites for hydroxylation is 1. The zero-order chi connectivity index (χ0) is 12.0. The van der Waals surface area contributed by atoms with Gasteiger partial charge in [0.05, 0.1) is 6.10 Å². The largest absolute Gasteiger partial charge is 0.390 e. The van der Waals surface area contributed by atoms with Crippen molar-refractivity contribution < 1.29 is 10.2 Å². The van der Waals surface area contributed by atoms with Gasteiger partial charge in [0.15, 0.2) is 0 Å². The Morgan fingerprint density at radius 1 is 1.19 bits per heavy atom. The van der Waals surface area contributed by atoms with E-state index in [0.29, 0.717) is 11.8 Å². The van der Waals surface area contributed by atoms with E-state index in [1.165, 1.54) is 5.56 Å². The lowest BCUT2D eigenvalue weighted by atomic mass is 10.0. The topological polar surface area (TPSA) is 40.5 Å². The molecular formula is C13H19BrO2. The number of aliphatic hydroxyl groups excluding tert-OH is 2. The standard InChI is InChI=1S/C13H19BrO2/c1-2-3-10-4-6-11(7-5-10)13(16)12(15)8-9-14/h4-7,12-13,15-16H,2-3,8-9H2,1H3. The Kier molecular flexibility index (Phi) is 6.03. The summed E-state index contributed by atoms with van der Waals surface area (Å²) in [6.07, 6.45) is 1.25. The molecule has 1 aromatic rings. The molecule has 2 atom stereocenters. The smallest absolute Gasteiger partial charge is 0.105 e. The van der Waals surface area contributed by atoms with Gasteiger partial charge in [-0.25, -0.2) is 0 Å². The van der Waals surface area contributed by atoms with Crippen molar-refractivity contribution in [2.75, 3.05) is 5.33 Å². The van der Waals surface area contributed by atoms with Gasteiger partial charge in [0.1, 0.15) is 6.10 Å². The van der Waals surface area contributed by atoms with Crippen molar-refractivity contribution in [2.45, 2.75) is 38.4 Å². The van der Waals surface area contributed by atoms with Gasteiger partial charge in [-0.1, -0.05) is 53.5 Å². The van der Waals surface area contributed by atoms with Gasteiger partial charge in [-0.3, -0.25) is 0 Å². The number of alkyl halides is 1. The van der Waals surface area contributed by atoms with Crippen LogP contribution in [-0.2, 0) is 6.42 Å². The number of rotatable bonds is 6. The minimum Gasteiger partial charge on any atom is -0.390 e. The predicted octanol–water partition coefficient (Wildman–Crippen LogP) is 2.82. The molecule has 2 unspecified atom stereocenters. The maximum Gasteiger partial charge on any atom is 0.105 e. The molecule has 3 heteroatoms. The van der Waals surface area contributed by atoms with E-state index in [1.807, 2.05) is 24.3 Å². The molecule has 0 aliphatic rings. The quantitative estimate of drug-likeness (QED) is 0.790. The predicted molar refractivity (Wildman–Crippen MR) is 69.8 cm³/mol. The fourth-order valence-corrected chi connectivity index (χ4v) is 2.13. The van der Waals surface area contributed by atoms with Crippen LogP contribution in [0.3, 0.4) is 0 Å². The summed E-state index contributed by atoms with van der Waals surface area (Å²) in [6.45, 7) is 2.14. The first kappa shape index (κ1) is 13.7. The molecule has 0 amide bonds. The second-order valence-electron chi connectivity index (χ2n) is 3.98. The number of hydrogen-bond donors (Lipinski definition) is 2. The van der Waals surface area contributed by atoms with Gasteiger partial charge >= 0.3 is 0 Å². The molecular weight excluding hydrogens is 268 g/mol. The van der Waals surface area contributed by atoms with Gasteiger partial charge < -0.3 is 10.2 Å². The Bertz CT molecular complexity index is 297. The zero-order valence-corrected chi connectivity index (χ0v) is 11.2. The molecule has 0 saturated heterocycles. The Hall–Kier alpha value is -0.380. The van der Waals surface area contributed by atoms with E-state index in [4.69, 9.17) is 0 Å². The molecule has 90 valence electrons. The molecule has 2 N–H and O–H groups in total. The molecule has 0 heterocycles. The van der Waals surface area contributed by atoms with Crippen LogP contribution in [0.15, 0.2) is 24.3 Å². The molecule has 0 radical (unpaired) electrons. The molecule has 0 saturated carbocycles. The molecule has 0 spiro atoms. The van der Waals surface area contributed by atoms with Crippen LogP contribution >= 0.6 is 15.9 Å². The summed E-state index contributed by atoms with van der Waals surface area (Å²) in [5.41, 5.74) is 2.06. The Labute approximate surface area is 105 Å². The zero-order valence-electron chi connectivity index (χ0n) is 9.56. The van der Waals surface area contributed by atoms with E-state index in [2.05, 4.69) is 22.9 Å². The Morgan fingerprint density at radius 3 is 2.31 bits per heavy atom. The Morgan fingerprint density at radius 2 is 1.81 bits per heavy atom. The van der Waals surface area contributed by atoms with Crippen molar-refractivity contribution in [2.24, 2.45) is 0 Å². The van der Waals surface area contributed by atoms with E-state index in [1.54, 1.807) is 0 Å². The monoisotopic (exact) mass is 286 g/mol. The van der Waals surface area contributed by atoms with Crippen LogP contribution in [0.1, 0.15) is 37.0 Å². The number of benzene rings is 1. The van der Waals surface area contributed by atoms with Crippen LogP contribution in [0.2, 0.25) is 0 Å². The normalized spacial score (nSPS) is 14.8. The first-order valence-corrected chi connectivity index (χ1v) is 6.82. The van der Waals surface area contributed by atoms with Crippen molar-refractivity contribution >= 4 is 15.9 Å². The van der Waals surface area contributed by atoms with Crippen molar-refractivity contribution in [1.82, 2.24) is 0 Å². The average molecular weight is 287 g/mol. The highest BCUT2D eigenvalue weighted by atomic mass is 79.9. The van der Waals surface area contributed by atoms with E-state index in [9.17, 15) is 10.2 Å². The summed E-state index contributed by atoms with van der Waals surface area (Å²) in [7, 11) is 0. The summed E-state index contributed by atoms with van der Waals surface area (Å²) in [6, 6.07) is 7.83. The lowest BCUT2D eigenvalue weighted by Gasteiger charge is -2.17. The molecule has 0 fully saturated rings. The minimum atomic E-state index is -0.784. The molecule has 0 aliphatic heterocycles. The van der Waals surface area contributed by atoms with Gasteiger partial charge in [-0.05, 0) is 24.0 Å². The molecule has 2 nitrogen and oxygen atoms in total. The van der Waals surface area contributed by atoms with E-state index < -0.39 is 12.2 Å². The highest BCUT2D eigenvalue weighted by Crippen LogP contribution is 2.20. The maximum absolute atomic E-state index is 9.87. The number of aliphatic hydroxyl groups is 2. The molecule has 0 aromatic heterocycles. The second kappa shape index (κ2) is 7.05. The van der Waals surface area contributed by atoms with Crippen LogP contribution in [0.4, 0.5) is 0 Å². The van der Waals surface area contributed by atoms with Gasteiger partial charge in [-0.2, -0.15) is 0 Å². The lowest BCUT2D eigenvalue weighted by molar-refractivity contribution is 0.0173. The molecule has 1 aromatic carbocycles. The van der Waals surface area contributed by atoms with Crippen molar-refractivity contribution in [1.29, 1.82) is 0 Å². The third kappa shape index (κ3) is 3.89. The van der Waals surface area contributed by atoms with Crippen molar-refractivity contribution in [3.05, 3.63) is 35.4 Å². The van der Waals surface area contributed by atoms with Crippen molar-refractivity contribution in [3.63, 3.8) is 0 Å². The first-order chi connectivity index (χ1) is 7.69. The van der Waals surface area contributed by atoms with Crippen LogP contribution in [0.25, 0.3) is 0 Å². The van der Waals surface area contributed by atoms with Crippen LogP contribution in [0.5, 0.6) is 0 Å². The first-order valence-electron chi connectivity index (χ1n) is 5.70. The lowest BCUT2D eigenvalue weighted by Crippen LogP contribution is -2.18. The van der Waals surface area contributed by atoms with Crippen molar-refractivity contribution in [3.8, 4) is 0 Å². The summed E-state index contributed by atoms with van der Waals surface area (Å²) in [4.78, 5) is 0. The fraction of sp³-hybridized carbons (Fsp3) is 0.538. The second-order valence-corrected chi connectivity index (χ2v) is 4.77. The average Bonchev–Trinajstić information content (AvgIpc) is 2.30.